The second kappa shape index (κ2) is 10.7. The summed E-state index contributed by atoms with van der Waals surface area (Å²) >= 11 is 6.53. The molecule has 3 aromatic carbocycles. The Morgan fingerprint density at radius 3 is 2.34 bits per heavy atom. The van der Waals surface area contributed by atoms with E-state index in [1.807, 2.05) is 73.7 Å². The highest BCUT2D eigenvalue weighted by molar-refractivity contribution is 6.32. The molecule has 0 bridgehead atoms. The maximum atomic E-state index is 6.53. The molecule has 1 N–H and O–H groups in total. The van der Waals surface area contributed by atoms with Crippen LogP contribution in [-0.2, 0) is 19.7 Å². The van der Waals surface area contributed by atoms with Gasteiger partial charge in [-0.1, -0.05) is 60.1 Å². The van der Waals surface area contributed by atoms with Crippen molar-refractivity contribution in [2.75, 3.05) is 13.7 Å². The highest BCUT2D eigenvalue weighted by Crippen LogP contribution is 2.37. The van der Waals surface area contributed by atoms with Crippen LogP contribution in [-0.4, -0.2) is 13.7 Å². The molecule has 0 atom stereocenters. The van der Waals surface area contributed by atoms with E-state index in [9.17, 15) is 0 Å². The summed E-state index contributed by atoms with van der Waals surface area (Å²) in [5, 5.41) is 3.97. The molecule has 3 rings (SSSR count). The average Bonchev–Trinajstić information content (AvgIpc) is 2.74. The molecule has 152 valence electrons. The van der Waals surface area contributed by atoms with Crippen LogP contribution in [0.1, 0.15) is 23.6 Å². The SMILES string of the molecule is CCOc1cc(CNCc2ccccc2OC)cc(Cl)c1OCc1ccccc1. The number of hydrogen-bond donors (Lipinski definition) is 1. The lowest BCUT2D eigenvalue weighted by Gasteiger charge is -2.16. The van der Waals surface area contributed by atoms with E-state index in [0.717, 1.165) is 22.4 Å². The number of ether oxygens (including phenoxy) is 3. The summed E-state index contributed by atoms with van der Waals surface area (Å²) in [6.07, 6.45) is 0. The van der Waals surface area contributed by atoms with Crippen LogP contribution in [0.15, 0.2) is 66.7 Å². The molecule has 4 nitrogen and oxygen atoms in total. The largest absolute Gasteiger partial charge is 0.496 e. The first-order valence-electron chi connectivity index (χ1n) is 9.65. The minimum Gasteiger partial charge on any atom is -0.496 e. The fraction of sp³-hybridized carbons (Fsp3) is 0.250. The Bertz CT molecular complexity index is 915. The summed E-state index contributed by atoms with van der Waals surface area (Å²) in [5.41, 5.74) is 3.21. The molecule has 5 heteroatoms. The summed E-state index contributed by atoms with van der Waals surface area (Å²) in [6.45, 7) is 4.26. The van der Waals surface area contributed by atoms with Gasteiger partial charge in [-0.25, -0.2) is 0 Å². The van der Waals surface area contributed by atoms with Crippen molar-refractivity contribution >= 4 is 11.6 Å². The second-order valence-electron chi connectivity index (χ2n) is 6.53. The van der Waals surface area contributed by atoms with Gasteiger partial charge >= 0.3 is 0 Å². The van der Waals surface area contributed by atoms with Crippen LogP contribution in [0.2, 0.25) is 5.02 Å². The zero-order valence-electron chi connectivity index (χ0n) is 16.8. The maximum Gasteiger partial charge on any atom is 0.180 e. The lowest BCUT2D eigenvalue weighted by Crippen LogP contribution is -2.13. The van der Waals surface area contributed by atoms with Gasteiger partial charge in [-0.3, -0.25) is 0 Å². The molecule has 3 aromatic rings. The van der Waals surface area contributed by atoms with Crippen LogP contribution in [0, 0.1) is 0 Å². The topological polar surface area (TPSA) is 39.7 Å². The molecule has 0 amide bonds. The molecule has 0 unspecified atom stereocenters. The molecule has 0 radical (unpaired) electrons. The second-order valence-corrected chi connectivity index (χ2v) is 6.93. The zero-order valence-corrected chi connectivity index (χ0v) is 17.5. The number of rotatable bonds is 10. The predicted molar refractivity (Wildman–Crippen MR) is 117 cm³/mol. The average molecular weight is 412 g/mol. The molecule has 0 spiro atoms. The number of para-hydroxylation sites is 1. The lowest BCUT2D eigenvalue weighted by atomic mass is 10.1. The molecule has 0 fully saturated rings. The quantitative estimate of drug-likeness (QED) is 0.470. The molecule has 0 saturated heterocycles. The smallest absolute Gasteiger partial charge is 0.180 e. The van der Waals surface area contributed by atoms with E-state index in [-0.39, 0.29) is 0 Å². The van der Waals surface area contributed by atoms with E-state index < -0.39 is 0 Å². The molecule has 0 heterocycles. The Labute approximate surface area is 177 Å². The summed E-state index contributed by atoms with van der Waals surface area (Å²) in [5.74, 6) is 2.11. The van der Waals surface area contributed by atoms with Crippen molar-refractivity contribution in [2.24, 2.45) is 0 Å². The summed E-state index contributed by atoms with van der Waals surface area (Å²) < 4.78 is 17.2. The molecule has 0 aliphatic heterocycles. The van der Waals surface area contributed by atoms with Gasteiger partial charge in [0, 0.05) is 18.7 Å². The normalized spacial score (nSPS) is 10.6. The van der Waals surface area contributed by atoms with Crippen molar-refractivity contribution in [2.45, 2.75) is 26.6 Å². The Morgan fingerprint density at radius 1 is 0.828 bits per heavy atom. The fourth-order valence-corrected chi connectivity index (χ4v) is 3.33. The van der Waals surface area contributed by atoms with Gasteiger partial charge in [0.15, 0.2) is 11.5 Å². The van der Waals surface area contributed by atoms with Gasteiger partial charge in [0.1, 0.15) is 12.4 Å². The van der Waals surface area contributed by atoms with Gasteiger partial charge in [-0.05, 0) is 36.2 Å². The first-order chi connectivity index (χ1) is 14.2. The van der Waals surface area contributed by atoms with Crippen molar-refractivity contribution in [3.8, 4) is 17.2 Å². The Balaban J connectivity index is 1.68. The van der Waals surface area contributed by atoms with Crippen molar-refractivity contribution < 1.29 is 14.2 Å². The maximum absolute atomic E-state index is 6.53. The molecular formula is C24H26ClNO3. The first kappa shape index (κ1) is 21.0. The van der Waals surface area contributed by atoms with Crippen LogP contribution >= 0.6 is 11.6 Å². The molecule has 0 aromatic heterocycles. The number of halogens is 1. The van der Waals surface area contributed by atoms with Gasteiger partial charge in [-0.15, -0.1) is 0 Å². The number of benzene rings is 3. The Morgan fingerprint density at radius 2 is 1.59 bits per heavy atom. The van der Waals surface area contributed by atoms with E-state index in [0.29, 0.717) is 42.8 Å². The van der Waals surface area contributed by atoms with Crippen molar-refractivity contribution in [3.05, 3.63) is 88.4 Å². The van der Waals surface area contributed by atoms with Crippen molar-refractivity contribution in [1.29, 1.82) is 0 Å². The van der Waals surface area contributed by atoms with Gasteiger partial charge in [-0.2, -0.15) is 0 Å². The predicted octanol–water partition coefficient (Wildman–Crippen LogP) is 5.62. The molecular weight excluding hydrogens is 386 g/mol. The highest BCUT2D eigenvalue weighted by Gasteiger charge is 2.13. The van der Waals surface area contributed by atoms with Gasteiger partial charge in [0.2, 0.25) is 0 Å². The third-order valence-corrected chi connectivity index (χ3v) is 4.71. The number of nitrogens with one attached hydrogen (secondary N) is 1. The minimum absolute atomic E-state index is 0.437. The van der Waals surface area contributed by atoms with E-state index in [2.05, 4.69) is 5.32 Å². The summed E-state index contributed by atoms with van der Waals surface area (Å²) in [7, 11) is 1.68. The molecule has 29 heavy (non-hydrogen) atoms. The van der Waals surface area contributed by atoms with Gasteiger partial charge in [0.25, 0.3) is 0 Å². The van der Waals surface area contributed by atoms with Gasteiger partial charge < -0.3 is 19.5 Å². The van der Waals surface area contributed by atoms with Crippen LogP contribution in [0.3, 0.4) is 0 Å². The first-order valence-corrected chi connectivity index (χ1v) is 10.0. The van der Waals surface area contributed by atoms with Crippen LogP contribution in [0.4, 0.5) is 0 Å². The van der Waals surface area contributed by atoms with E-state index in [4.69, 9.17) is 25.8 Å². The number of methoxy groups -OCH3 is 1. The third kappa shape index (κ3) is 5.89. The Hall–Kier alpha value is -2.69. The third-order valence-electron chi connectivity index (χ3n) is 4.43. The lowest BCUT2D eigenvalue weighted by molar-refractivity contribution is 0.269. The van der Waals surface area contributed by atoms with E-state index >= 15 is 0 Å². The minimum atomic E-state index is 0.437. The summed E-state index contributed by atoms with van der Waals surface area (Å²) in [6, 6.07) is 21.9. The van der Waals surface area contributed by atoms with Crippen LogP contribution in [0.5, 0.6) is 17.2 Å². The van der Waals surface area contributed by atoms with Crippen molar-refractivity contribution in [1.82, 2.24) is 5.32 Å². The molecule has 0 aliphatic carbocycles. The van der Waals surface area contributed by atoms with Crippen molar-refractivity contribution in [3.63, 3.8) is 0 Å². The highest BCUT2D eigenvalue weighted by atomic mass is 35.5. The van der Waals surface area contributed by atoms with Gasteiger partial charge in [0.05, 0.1) is 18.7 Å². The Kier molecular flexibility index (Phi) is 7.79. The van der Waals surface area contributed by atoms with E-state index in [1.165, 1.54) is 0 Å². The van der Waals surface area contributed by atoms with Crippen LogP contribution in [0.25, 0.3) is 0 Å². The zero-order chi connectivity index (χ0) is 20.5. The number of hydrogen-bond acceptors (Lipinski definition) is 4. The fourth-order valence-electron chi connectivity index (χ4n) is 3.05. The monoisotopic (exact) mass is 411 g/mol. The van der Waals surface area contributed by atoms with E-state index in [1.54, 1.807) is 7.11 Å². The van der Waals surface area contributed by atoms with Crippen LogP contribution < -0.4 is 19.5 Å². The molecule has 0 saturated carbocycles. The molecule has 0 aliphatic rings. The standard InChI is InChI=1S/C24H26ClNO3/c1-3-28-23-14-19(15-26-16-20-11-7-8-12-22(20)27-2)13-21(25)24(23)29-17-18-9-5-4-6-10-18/h4-14,26H,3,15-17H2,1-2H3. The summed E-state index contributed by atoms with van der Waals surface area (Å²) in [4.78, 5) is 0.